The smallest absolute Gasteiger partial charge is 0.337 e. The van der Waals surface area contributed by atoms with Gasteiger partial charge in [-0.1, -0.05) is 59.1 Å². The number of rotatable bonds is 4. The second-order valence-electron chi connectivity index (χ2n) is 10.2. The molecule has 0 aliphatic rings. The number of aromatic carboxylic acids is 2. The molecule has 10 nitrogen and oxygen atoms in total. The van der Waals surface area contributed by atoms with Crippen LogP contribution in [0.4, 0.5) is 17.1 Å². The number of nitriles is 2. The van der Waals surface area contributed by atoms with E-state index in [-0.39, 0.29) is 11.1 Å². The largest absolute Gasteiger partial charge is 0.478 e. The predicted octanol–water partition coefficient (Wildman–Crippen LogP) is 7.89. The van der Waals surface area contributed by atoms with E-state index in [9.17, 15) is 20.0 Å². The zero-order chi connectivity index (χ0) is 34.1. The highest BCUT2D eigenvalue weighted by Crippen LogP contribution is 2.31. The van der Waals surface area contributed by atoms with E-state index in [4.69, 9.17) is 27.7 Å². The lowest BCUT2D eigenvalue weighted by atomic mass is 10.1. The lowest BCUT2D eigenvalue weighted by Gasteiger charge is -2.13. The highest BCUT2D eigenvalue weighted by Gasteiger charge is 2.14. The number of benzene rings is 4. The molecule has 2 heterocycles. The Morgan fingerprint density at radius 2 is 1.26 bits per heavy atom. The fraction of sp³-hybridized carbons (Fsp3) is 0.0556. The van der Waals surface area contributed by atoms with Crippen LogP contribution in [0.2, 0.25) is 5.02 Å². The Labute approximate surface area is 274 Å². The number of aryl methyl sites for hydroxylation is 2. The molecule has 0 spiro atoms. The minimum atomic E-state index is -1.03. The van der Waals surface area contributed by atoms with E-state index in [2.05, 4.69) is 21.4 Å². The van der Waals surface area contributed by atoms with Crippen molar-refractivity contribution in [1.82, 2.24) is 9.97 Å². The van der Waals surface area contributed by atoms with Crippen molar-refractivity contribution in [2.75, 3.05) is 11.1 Å². The second-order valence-corrected chi connectivity index (χ2v) is 10.5. The van der Waals surface area contributed by atoms with E-state index in [1.807, 2.05) is 56.3 Å². The van der Waals surface area contributed by atoms with Crippen LogP contribution in [-0.4, -0.2) is 32.1 Å². The maximum absolute atomic E-state index is 11.4. The van der Waals surface area contributed by atoms with E-state index >= 15 is 0 Å². The van der Waals surface area contributed by atoms with Crippen LogP contribution in [0, 0.1) is 36.5 Å². The molecule has 5 N–H and O–H groups in total. The summed E-state index contributed by atoms with van der Waals surface area (Å²) in [6, 6.07) is 28.6. The minimum absolute atomic E-state index is 0.147. The molecule has 0 atom stereocenters. The molecule has 0 saturated carbocycles. The average Bonchev–Trinajstić information content (AvgIpc) is 3.06. The molecule has 0 radical (unpaired) electrons. The average molecular weight is 643 g/mol. The first-order chi connectivity index (χ1) is 22.5. The summed E-state index contributed by atoms with van der Waals surface area (Å²) in [5.41, 5.74) is 11.4. The third kappa shape index (κ3) is 7.97. The van der Waals surface area contributed by atoms with Crippen molar-refractivity contribution >= 4 is 62.4 Å². The van der Waals surface area contributed by atoms with Crippen LogP contribution in [0.1, 0.15) is 43.0 Å². The van der Waals surface area contributed by atoms with Crippen molar-refractivity contribution in [3.63, 3.8) is 0 Å². The number of nitrogen functional groups attached to an aromatic ring is 1. The van der Waals surface area contributed by atoms with E-state index < -0.39 is 11.9 Å². The van der Waals surface area contributed by atoms with Gasteiger partial charge in [-0.15, -0.1) is 0 Å². The van der Waals surface area contributed by atoms with Crippen molar-refractivity contribution in [3.05, 3.63) is 136 Å². The highest BCUT2D eigenvalue weighted by molar-refractivity contribution is 6.36. The lowest BCUT2D eigenvalue weighted by Crippen LogP contribution is -2.04. The molecule has 11 heteroatoms. The van der Waals surface area contributed by atoms with Gasteiger partial charge in [0.2, 0.25) is 0 Å². The normalized spacial score (nSPS) is 9.98. The SMILES string of the molecule is Cc1ccc2ncc(C#N)c(Cl)c2c1.Cc1ccc2ncc(C#N)c(Nc3ccccc3C(=O)O)c2c1.Nc1ccccc1C(=O)O. The molecule has 0 unspecified atom stereocenters. The summed E-state index contributed by atoms with van der Waals surface area (Å²) in [5.74, 6) is -2.01. The molecule has 4 aromatic carbocycles. The topological polar surface area (TPSA) is 186 Å². The highest BCUT2D eigenvalue weighted by atomic mass is 35.5. The summed E-state index contributed by atoms with van der Waals surface area (Å²) in [5, 5.41) is 41.1. The number of fused-ring (bicyclic) bond motifs is 2. The van der Waals surface area contributed by atoms with Crippen molar-refractivity contribution in [2.45, 2.75) is 13.8 Å². The number of hydrogen-bond acceptors (Lipinski definition) is 8. The van der Waals surface area contributed by atoms with E-state index in [0.29, 0.717) is 33.2 Å². The van der Waals surface area contributed by atoms with Crippen LogP contribution in [0.25, 0.3) is 21.8 Å². The van der Waals surface area contributed by atoms with E-state index in [1.54, 1.807) is 36.4 Å². The molecule has 47 heavy (non-hydrogen) atoms. The molecule has 0 bridgehead atoms. The number of para-hydroxylation sites is 2. The summed E-state index contributed by atoms with van der Waals surface area (Å²) in [7, 11) is 0. The number of nitrogens with zero attached hydrogens (tertiary/aromatic N) is 4. The first-order valence-electron chi connectivity index (χ1n) is 14.0. The Balaban J connectivity index is 0.000000177. The molecular formula is C36H27ClN6O4. The Morgan fingerprint density at radius 1 is 0.745 bits per heavy atom. The Morgan fingerprint density at radius 3 is 1.81 bits per heavy atom. The molecule has 0 fully saturated rings. The summed E-state index contributed by atoms with van der Waals surface area (Å²) < 4.78 is 0. The zero-order valence-electron chi connectivity index (χ0n) is 25.2. The third-order valence-electron chi connectivity index (χ3n) is 6.83. The van der Waals surface area contributed by atoms with Gasteiger partial charge in [-0.3, -0.25) is 9.97 Å². The number of nitrogens with one attached hydrogen (secondary N) is 1. The van der Waals surface area contributed by atoms with Crippen LogP contribution in [-0.2, 0) is 0 Å². The van der Waals surface area contributed by atoms with Crippen LogP contribution in [0.3, 0.4) is 0 Å². The maximum Gasteiger partial charge on any atom is 0.337 e. The molecule has 0 amide bonds. The van der Waals surface area contributed by atoms with Crippen LogP contribution in [0.5, 0.6) is 0 Å². The predicted molar refractivity (Wildman–Crippen MR) is 182 cm³/mol. The Bertz CT molecular complexity index is 2220. The monoisotopic (exact) mass is 642 g/mol. The fourth-order valence-corrected chi connectivity index (χ4v) is 4.73. The number of halogens is 1. The molecule has 6 aromatic rings. The van der Waals surface area contributed by atoms with Gasteiger partial charge in [-0.2, -0.15) is 10.5 Å². The van der Waals surface area contributed by atoms with Crippen LogP contribution >= 0.6 is 11.6 Å². The molecular weight excluding hydrogens is 616 g/mol. The zero-order valence-corrected chi connectivity index (χ0v) is 25.9. The van der Waals surface area contributed by atoms with Gasteiger partial charge in [-0.05, 0) is 62.4 Å². The standard InChI is InChI=1S/C18H13N3O2.C11H7ClN2.C7H7NO2/c1-11-6-7-15-14(8-11)17(12(9-19)10-20-15)21-16-5-3-2-4-13(16)18(22)23;1-7-2-3-10-9(4-7)11(12)8(5-13)6-14-10;8-6-4-2-1-3-5(6)7(9)10/h2-8,10H,1H3,(H,20,21)(H,22,23);2-4,6H,1H3;1-4H,8H2,(H,9,10). The van der Waals surface area contributed by atoms with Gasteiger partial charge in [0, 0.05) is 28.9 Å². The van der Waals surface area contributed by atoms with Gasteiger partial charge in [0.1, 0.15) is 12.1 Å². The van der Waals surface area contributed by atoms with Gasteiger partial charge >= 0.3 is 11.9 Å². The number of carboxylic acid groups (broad SMARTS) is 2. The minimum Gasteiger partial charge on any atom is -0.478 e. The van der Waals surface area contributed by atoms with Crippen LogP contribution < -0.4 is 11.1 Å². The van der Waals surface area contributed by atoms with Gasteiger partial charge in [0.25, 0.3) is 0 Å². The molecule has 6 rings (SSSR count). The van der Waals surface area contributed by atoms with Crippen LogP contribution in [0.15, 0.2) is 97.3 Å². The number of carbonyl (C=O) groups is 2. The van der Waals surface area contributed by atoms with E-state index in [1.165, 1.54) is 24.5 Å². The number of carboxylic acids is 2. The number of nitrogens with two attached hydrogens (primary N) is 1. The van der Waals surface area contributed by atoms with Crippen molar-refractivity contribution < 1.29 is 19.8 Å². The Kier molecular flexibility index (Phi) is 10.7. The lowest BCUT2D eigenvalue weighted by molar-refractivity contribution is 0.0687. The number of anilines is 3. The van der Waals surface area contributed by atoms with Crippen molar-refractivity contribution in [2.24, 2.45) is 0 Å². The fourth-order valence-electron chi connectivity index (χ4n) is 4.48. The summed E-state index contributed by atoms with van der Waals surface area (Å²) in [6.45, 7) is 3.93. The summed E-state index contributed by atoms with van der Waals surface area (Å²) in [6.07, 6.45) is 2.99. The molecule has 232 valence electrons. The quantitative estimate of drug-likeness (QED) is 0.138. The molecule has 0 aliphatic carbocycles. The van der Waals surface area contributed by atoms with Gasteiger partial charge < -0.3 is 21.3 Å². The van der Waals surface area contributed by atoms with Gasteiger partial charge in [0.05, 0.1) is 49.7 Å². The maximum atomic E-state index is 11.4. The number of hydrogen-bond donors (Lipinski definition) is 4. The Hall–Kier alpha value is -6.49. The van der Waals surface area contributed by atoms with Gasteiger partial charge in [-0.25, -0.2) is 9.59 Å². The summed E-state index contributed by atoms with van der Waals surface area (Å²) in [4.78, 5) is 30.1. The van der Waals surface area contributed by atoms with E-state index in [0.717, 1.165) is 32.9 Å². The number of aromatic nitrogens is 2. The second kappa shape index (κ2) is 15.0. The molecule has 0 saturated heterocycles. The first-order valence-corrected chi connectivity index (χ1v) is 14.3. The first kappa shape index (κ1) is 33.4. The summed E-state index contributed by atoms with van der Waals surface area (Å²) >= 11 is 6.05. The molecule has 0 aliphatic heterocycles. The van der Waals surface area contributed by atoms with Crippen molar-refractivity contribution in [3.8, 4) is 12.1 Å². The third-order valence-corrected chi connectivity index (χ3v) is 7.24. The van der Waals surface area contributed by atoms with Crippen molar-refractivity contribution in [1.29, 1.82) is 10.5 Å². The number of pyridine rings is 2. The molecule has 2 aromatic heterocycles. The van der Waals surface area contributed by atoms with Gasteiger partial charge in [0.15, 0.2) is 0 Å².